The van der Waals surface area contributed by atoms with Gasteiger partial charge in [-0.05, 0) is 18.6 Å². The van der Waals surface area contributed by atoms with Crippen LogP contribution in [0.5, 0.6) is 11.6 Å². The Labute approximate surface area is 108 Å². The number of pyridine rings is 1. The highest BCUT2D eigenvalue weighted by molar-refractivity contribution is 5.40. The lowest BCUT2D eigenvalue weighted by Gasteiger charge is -2.09. The third kappa shape index (κ3) is 2.78. The van der Waals surface area contributed by atoms with E-state index in [4.69, 9.17) is 4.74 Å². The molecule has 0 aliphatic carbocycles. The SMILES string of the molecule is CNc1nc(Oc2ccc(C)c(F)c2)c(F)cc1F. The number of hydrogen-bond donors (Lipinski definition) is 1. The minimum absolute atomic E-state index is 0.0863. The van der Waals surface area contributed by atoms with Gasteiger partial charge >= 0.3 is 0 Å². The van der Waals surface area contributed by atoms with E-state index >= 15 is 0 Å². The van der Waals surface area contributed by atoms with Gasteiger partial charge in [-0.15, -0.1) is 0 Å². The van der Waals surface area contributed by atoms with Crippen LogP contribution in [0.25, 0.3) is 0 Å². The van der Waals surface area contributed by atoms with Crippen LogP contribution < -0.4 is 10.1 Å². The Balaban J connectivity index is 2.34. The average Bonchev–Trinajstić information content (AvgIpc) is 2.37. The van der Waals surface area contributed by atoms with Crippen LogP contribution in [0.4, 0.5) is 19.0 Å². The highest BCUT2D eigenvalue weighted by atomic mass is 19.1. The number of anilines is 1. The minimum Gasteiger partial charge on any atom is -0.436 e. The van der Waals surface area contributed by atoms with Gasteiger partial charge in [-0.25, -0.2) is 13.2 Å². The van der Waals surface area contributed by atoms with E-state index in [9.17, 15) is 13.2 Å². The van der Waals surface area contributed by atoms with E-state index in [2.05, 4.69) is 10.3 Å². The second-order valence-corrected chi connectivity index (χ2v) is 3.87. The maximum Gasteiger partial charge on any atom is 0.258 e. The number of ether oxygens (including phenoxy) is 1. The lowest BCUT2D eigenvalue weighted by atomic mass is 10.2. The molecule has 0 saturated heterocycles. The second kappa shape index (κ2) is 5.17. The van der Waals surface area contributed by atoms with E-state index in [0.29, 0.717) is 11.6 Å². The lowest BCUT2D eigenvalue weighted by molar-refractivity contribution is 0.415. The number of nitrogens with one attached hydrogen (secondary N) is 1. The molecular weight excluding hydrogens is 257 g/mol. The molecule has 19 heavy (non-hydrogen) atoms. The summed E-state index contributed by atoms with van der Waals surface area (Å²) in [7, 11) is 1.44. The Bertz CT molecular complexity index is 617. The molecule has 2 aromatic rings. The van der Waals surface area contributed by atoms with E-state index in [-0.39, 0.29) is 11.6 Å². The Kier molecular flexibility index (Phi) is 3.59. The zero-order valence-corrected chi connectivity index (χ0v) is 10.3. The van der Waals surface area contributed by atoms with Crippen LogP contribution in [0.1, 0.15) is 5.56 Å². The van der Waals surface area contributed by atoms with E-state index in [1.54, 1.807) is 6.92 Å². The van der Waals surface area contributed by atoms with E-state index in [1.165, 1.54) is 19.2 Å². The van der Waals surface area contributed by atoms with E-state index in [1.807, 2.05) is 0 Å². The van der Waals surface area contributed by atoms with Gasteiger partial charge < -0.3 is 10.1 Å². The first kappa shape index (κ1) is 13.2. The van der Waals surface area contributed by atoms with Crippen LogP contribution >= 0.6 is 0 Å². The Morgan fingerprint density at radius 3 is 2.42 bits per heavy atom. The Morgan fingerprint density at radius 1 is 1.05 bits per heavy atom. The van der Waals surface area contributed by atoms with Gasteiger partial charge in [-0.3, -0.25) is 0 Å². The van der Waals surface area contributed by atoms with Crippen molar-refractivity contribution in [3.05, 3.63) is 47.3 Å². The summed E-state index contributed by atoms with van der Waals surface area (Å²) in [6.07, 6.45) is 0. The lowest BCUT2D eigenvalue weighted by Crippen LogP contribution is -2.01. The summed E-state index contributed by atoms with van der Waals surface area (Å²) >= 11 is 0. The summed E-state index contributed by atoms with van der Waals surface area (Å²) in [5, 5.41) is 2.46. The van der Waals surface area contributed by atoms with Gasteiger partial charge in [0, 0.05) is 19.2 Å². The fourth-order valence-electron chi connectivity index (χ4n) is 1.45. The van der Waals surface area contributed by atoms with Crippen molar-refractivity contribution >= 4 is 5.82 Å². The largest absolute Gasteiger partial charge is 0.436 e. The highest BCUT2D eigenvalue weighted by Gasteiger charge is 2.13. The first-order valence-electron chi connectivity index (χ1n) is 5.49. The number of rotatable bonds is 3. The smallest absolute Gasteiger partial charge is 0.258 e. The summed E-state index contributed by atoms with van der Waals surface area (Å²) in [5.41, 5.74) is 0.441. The molecule has 0 bridgehead atoms. The van der Waals surface area contributed by atoms with Crippen LogP contribution in [0.2, 0.25) is 0 Å². The van der Waals surface area contributed by atoms with Crippen molar-refractivity contribution in [2.75, 3.05) is 12.4 Å². The highest BCUT2D eigenvalue weighted by Crippen LogP contribution is 2.26. The normalized spacial score (nSPS) is 10.4. The first-order valence-corrected chi connectivity index (χ1v) is 5.49. The van der Waals surface area contributed by atoms with Gasteiger partial charge in [-0.1, -0.05) is 6.07 Å². The van der Waals surface area contributed by atoms with Gasteiger partial charge in [0.05, 0.1) is 0 Å². The monoisotopic (exact) mass is 268 g/mol. The van der Waals surface area contributed by atoms with Crippen molar-refractivity contribution in [1.29, 1.82) is 0 Å². The topological polar surface area (TPSA) is 34.2 Å². The van der Waals surface area contributed by atoms with Gasteiger partial charge in [0.1, 0.15) is 11.6 Å². The molecule has 2 rings (SSSR count). The van der Waals surface area contributed by atoms with Crippen molar-refractivity contribution in [2.24, 2.45) is 0 Å². The van der Waals surface area contributed by atoms with Crippen LogP contribution in [-0.4, -0.2) is 12.0 Å². The van der Waals surface area contributed by atoms with Crippen LogP contribution in [0.3, 0.4) is 0 Å². The van der Waals surface area contributed by atoms with Gasteiger partial charge in [0.2, 0.25) is 0 Å². The molecule has 6 heteroatoms. The molecule has 3 nitrogen and oxygen atoms in total. The minimum atomic E-state index is -0.961. The Morgan fingerprint density at radius 2 is 1.79 bits per heavy atom. The molecule has 0 aliphatic heterocycles. The van der Waals surface area contributed by atoms with Gasteiger partial charge in [0.25, 0.3) is 5.88 Å². The van der Waals surface area contributed by atoms with Gasteiger partial charge in [-0.2, -0.15) is 4.98 Å². The summed E-state index contributed by atoms with van der Waals surface area (Å²) < 4.78 is 45.1. The molecule has 1 aromatic heterocycles. The standard InChI is InChI=1S/C13H11F3N2O/c1-7-3-4-8(5-9(7)14)19-13-11(16)6-10(15)12(17-2)18-13/h3-6H,1-2H3,(H,17,18). The van der Waals surface area contributed by atoms with Crippen molar-refractivity contribution in [3.63, 3.8) is 0 Å². The average molecular weight is 268 g/mol. The quantitative estimate of drug-likeness (QED) is 0.922. The third-order valence-electron chi connectivity index (χ3n) is 2.49. The maximum absolute atomic E-state index is 13.5. The summed E-state index contributed by atoms with van der Waals surface area (Å²) in [5.74, 6) is -2.75. The van der Waals surface area contributed by atoms with Crippen LogP contribution in [-0.2, 0) is 0 Å². The van der Waals surface area contributed by atoms with E-state index in [0.717, 1.165) is 6.07 Å². The molecule has 1 heterocycles. The molecule has 0 aliphatic rings. The molecule has 1 aromatic carbocycles. The predicted molar refractivity (Wildman–Crippen MR) is 64.9 cm³/mol. The number of aryl methyl sites for hydroxylation is 1. The van der Waals surface area contributed by atoms with Crippen LogP contribution in [0, 0.1) is 24.4 Å². The summed E-state index contributed by atoms with van der Waals surface area (Å²) in [6.45, 7) is 1.59. The maximum atomic E-state index is 13.5. The summed E-state index contributed by atoms with van der Waals surface area (Å²) in [4.78, 5) is 3.63. The number of benzene rings is 1. The molecule has 0 radical (unpaired) electrons. The zero-order chi connectivity index (χ0) is 14.0. The van der Waals surface area contributed by atoms with Crippen molar-refractivity contribution in [1.82, 2.24) is 4.98 Å². The molecule has 0 atom stereocenters. The number of halogens is 3. The van der Waals surface area contributed by atoms with Crippen molar-refractivity contribution in [3.8, 4) is 11.6 Å². The van der Waals surface area contributed by atoms with Crippen LogP contribution in [0.15, 0.2) is 24.3 Å². The molecule has 1 N–H and O–H groups in total. The fraction of sp³-hybridized carbons (Fsp3) is 0.154. The molecule has 0 amide bonds. The fourth-order valence-corrected chi connectivity index (χ4v) is 1.45. The number of nitrogens with zero attached hydrogens (tertiary/aromatic N) is 1. The molecule has 0 saturated carbocycles. The van der Waals surface area contributed by atoms with Crippen molar-refractivity contribution in [2.45, 2.75) is 6.92 Å². The molecule has 100 valence electrons. The first-order chi connectivity index (χ1) is 9.01. The molecular formula is C13H11F3N2O. The molecule has 0 spiro atoms. The van der Waals surface area contributed by atoms with E-state index < -0.39 is 23.3 Å². The third-order valence-corrected chi connectivity index (χ3v) is 2.49. The summed E-state index contributed by atoms with van der Waals surface area (Å²) in [6, 6.07) is 4.73. The molecule has 0 unspecified atom stereocenters. The van der Waals surface area contributed by atoms with Gasteiger partial charge in [0.15, 0.2) is 17.5 Å². The Hall–Kier alpha value is -2.24. The van der Waals surface area contributed by atoms with Crippen molar-refractivity contribution < 1.29 is 17.9 Å². The predicted octanol–water partition coefficient (Wildman–Crippen LogP) is 3.64. The zero-order valence-electron chi connectivity index (χ0n) is 10.3. The second-order valence-electron chi connectivity index (χ2n) is 3.87. The number of aromatic nitrogens is 1. The molecule has 0 fully saturated rings. The number of hydrogen-bond acceptors (Lipinski definition) is 3.